The molecular weight excluding hydrogens is 373 g/mol. The normalized spacial score (nSPS) is 11.0. The topological polar surface area (TPSA) is 73.8 Å². The van der Waals surface area contributed by atoms with Crippen LogP contribution >= 0.6 is 0 Å². The Morgan fingerprint density at radius 2 is 1.61 bits per heavy atom. The van der Waals surface area contributed by atoms with Crippen LogP contribution in [0.25, 0.3) is 23.0 Å². The SMILES string of the molecule is O=c1ccc(-c2nc(-c3ccc(F)cc3)no2)nn1Cc1cc(F)cc(F)c1. The largest absolute Gasteiger partial charge is 0.332 e. The molecule has 6 nitrogen and oxygen atoms in total. The van der Waals surface area contributed by atoms with Crippen LogP contribution in [-0.2, 0) is 6.54 Å². The fourth-order valence-electron chi connectivity index (χ4n) is 2.60. The zero-order valence-electron chi connectivity index (χ0n) is 14.1. The summed E-state index contributed by atoms with van der Waals surface area (Å²) in [6.07, 6.45) is 0. The monoisotopic (exact) mass is 384 g/mol. The fourth-order valence-corrected chi connectivity index (χ4v) is 2.60. The van der Waals surface area contributed by atoms with E-state index in [1.807, 2.05) is 0 Å². The third kappa shape index (κ3) is 3.68. The molecule has 4 rings (SSSR count). The first-order valence-electron chi connectivity index (χ1n) is 8.11. The summed E-state index contributed by atoms with van der Waals surface area (Å²) in [5, 5.41) is 7.94. The number of rotatable bonds is 4. The molecule has 140 valence electrons. The number of benzene rings is 2. The van der Waals surface area contributed by atoms with Crippen molar-refractivity contribution in [3.05, 3.63) is 88.0 Å². The minimum atomic E-state index is -0.750. The third-order valence-corrected chi connectivity index (χ3v) is 3.87. The van der Waals surface area contributed by atoms with E-state index >= 15 is 0 Å². The molecule has 0 radical (unpaired) electrons. The Labute approximate surface area is 155 Å². The maximum atomic E-state index is 13.4. The van der Waals surface area contributed by atoms with Gasteiger partial charge < -0.3 is 4.52 Å². The fraction of sp³-hybridized carbons (Fsp3) is 0.0526. The standard InChI is InChI=1S/C19H11F3N4O2/c20-13-3-1-12(2-4-13)18-23-19(28-25-18)16-5-6-17(27)26(24-16)10-11-7-14(21)9-15(22)8-11/h1-9H,10H2. The highest BCUT2D eigenvalue weighted by molar-refractivity contribution is 5.57. The van der Waals surface area contributed by atoms with Crippen molar-refractivity contribution in [2.24, 2.45) is 0 Å². The van der Waals surface area contributed by atoms with Gasteiger partial charge in [-0.25, -0.2) is 17.9 Å². The van der Waals surface area contributed by atoms with Gasteiger partial charge in [-0.05, 0) is 48.0 Å². The molecule has 0 N–H and O–H groups in total. The smallest absolute Gasteiger partial charge is 0.278 e. The van der Waals surface area contributed by atoms with E-state index in [0.717, 1.165) is 22.9 Å². The van der Waals surface area contributed by atoms with Gasteiger partial charge in [0.1, 0.15) is 23.1 Å². The Bertz CT molecular complexity index is 1180. The molecule has 0 unspecified atom stereocenters. The molecule has 0 bridgehead atoms. The van der Waals surface area contributed by atoms with Crippen molar-refractivity contribution in [3.8, 4) is 23.0 Å². The molecule has 0 amide bonds. The molecule has 2 heterocycles. The van der Waals surface area contributed by atoms with E-state index < -0.39 is 23.0 Å². The number of halogens is 3. The van der Waals surface area contributed by atoms with Crippen LogP contribution in [0, 0.1) is 17.5 Å². The van der Waals surface area contributed by atoms with Crippen molar-refractivity contribution < 1.29 is 17.7 Å². The van der Waals surface area contributed by atoms with Gasteiger partial charge in [-0.1, -0.05) is 5.16 Å². The molecule has 0 atom stereocenters. The molecule has 28 heavy (non-hydrogen) atoms. The third-order valence-electron chi connectivity index (χ3n) is 3.87. The van der Waals surface area contributed by atoms with Crippen LogP contribution in [0.4, 0.5) is 13.2 Å². The molecule has 0 spiro atoms. The Morgan fingerprint density at radius 3 is 2.32 bits per heavy atom. The molecule has 0 aliphatic carbocycles. The van der Waals surface area contributed by atoms with Crippen LogP contribution < -0.4 is 5.56 Å². The van der Waals surface area contributed by atoms with Crippen LogP contribution in [0.1, 0.15) is 5.56 Å². The minimum Gasteiger partial charge on any atom is -0.332 e. The molecule has 0 aliphatic heterocycles. The van der Waals surface area contributed by atoms with E-state index in [0.29, 0.717) is 5.56 Å². The van der Waals surface area contributed by atoms with Crippen molar-refractivity contribution in [2.75, 3.05) is 0 Å². The lowest BCUT2D eigenvalue weighted by Gasteiger charge is -2.06. The van der Waals surface area contributed by atoms with Gasteiger partial charge in [0.05, 0.1) is 6.54 Å². The van der Waals surface area contributed by atoms with E-state index in [1.165, 1.54) is 36.4 Å². The van der Waals surface area contributed by atoms with Gasteiger partial charge in [-0.15, -0.1) is 0 Å². The van der Waals surface area contributed by atoms with Crippen molar-refractivity contribution in [3.63, 3.8) is 0 Å². The summed E-state index contributed by atoms with van der Waals surface area (Å²) < 4.78 is 45.9. The maximum absolute atomic E-state index is 13.4. The van der Waals surface area contributed by atoms with Gasteiger partial charge in [-0.3, -0.25) is 4.79 Å². The highest BCUT2D eigenvalue weighted by atomic mass is 19.1. The van der Waals surface area contributed by atoms with Gasteiger partial charge >= 0.3 is 0 Å². The molecule has 9 heteroatoms. The van der Waals surface area contributed by atoms with Gasteiger partial charge in [0, 0.05) is 17.7 Å². The number of hydrogen-bond acceptors (Lipinski definition) is 5. The summed E-state index contributed by atoms with van der Waals surface area (Å²) in [5.41, 5.74) is 0.519. The first-order chi connectivity index (χ1) is 13.5. The lowest BCUT2D eigenvalue weighted by Crippen LogP contribution is -2.23. The Kier molecular flexibility index (Phi) is 4.48. The van der Waals surface area contributed by atoms with Crippen molar-refractivity contribution in [2.45, 2.75) is 6.54 Å². The molecule has 4 aromatic rings. The summed E-state index contributed by atoms with van der Waals surface area (Å²) in [6, 6.07) is 11.1. The summed E-state index contributed by atoms with van der Waals surface area (Å²) >= 11 is 0. The average Bonchev–Trinajstić information content (AvgIpc) is 3.13. The second-order valence-corrected chi connectivity index (χ2v) is 5.92. The van der Waals surface area contributed by atoms with Gasteiger partial charge in [-0.2, -0.15) is 10.1 Å². The van der Waals surface area contributed by atoms with Crippen LogP contribution in [-0.4, -0.2) is 19.9 Å². The van der Waals surface area contributed by atoms with Gasteiger partial charge in [0.2, 0.25) is 5.82 Å². The minimum absolute atomic E-state index is 0.0403. The van der Waals surface area contributed by atoms with Crippen molar-refractivity contribution in [1.29, 1.82) is 0 Å². The zero-order valence-corrected chi connectivity index (χ0v) is 14.1. The molecular formula is C19H11F3N4O2. The number of hydrogen-bond donors (Lipinski definition) is 0. The maximum Gasteiger partial charge on any atom is 0.278 e. The first kappa shape index (κ1) is 17.7. The van der Waals surface area contributed by atoms with E-state index in [-0.39, 0.29) is 29.5 Å². The van der Waals surface area contributed by atoms with Crippen molar-refractivity contribution in [1.82, 2.24) is 19.9 Å². The number of aromatic nitrogens is 4. The molecule has 0 saturated carbocycles. The quantitative estimate of drug-likeness (QED) is 0.539. The highest BCUT2D eigenvalue weighted by Gasteiger charge is 2.14. The first-order valence-corrected chi connectivity index (χ1v) is 8.11. The second-order valence-electron chi connectivity index (χ2n) is 5.92. The van der Waals surface area contributed by atoms with Crippen molar-refractivity contribution >= 4 is 0 Å². The van der Waals surface area contributed by atoms with E-state index in [1.54, 1.807) is 0 Å². The Morgan fingerprint density at radius 1 is 0.893 bits per heavy atom. The van der Waals surface area contributed by atoms with Gasteiger partial charge in [0.25, 0.3) is 11.4 Å². The highest BCUT2D eigenvalue weighted by Crippen LogP contribution is 2.20. The van der Waals surface area contributed by atoms with E-state index in [9.17, 15) is 18.0 Å². The zero-order chi connectivity index (χ0) is 19.7. The molecule has 0 aliphatic rings. The Hall–Kier alpha value is -3.75. The van der Waals surface area contributed by atoms with Gasteiger partial charge in [0.15, 0.2) is 0 Å². The summed E-state index contributed by atoms with van der Waals surface area (Å²) in [5.74, 6) is -1.63. The lowest BCUT2D eigenvalue weighted by molar-refractivity contribution is 0.429. The molecule has 2 aromatic heterocycles. The number of nitrogens with zero attached hydrogens (tertiary/aromatic N) is 4. The van der Waals surface area contributed by atoms with Crippen LogP contribution in [0.5, 0.6) is 0 Å². The van der Waals surface area contributed by atoms with E-state index in [4.69, 9.17) is 4.52 Å². The van der Waals surface area contributed by atoms with Crippen LogP contribution in [0.3, 0.4) is 0 Å². The summed E-state index contributed by atoms with van der Waals surface area (Å²) in [6.45, 7) is -0.139. The average molecular weight is 384 g/mol. The predicted molar refractivity (Wildman–Crippen MR) is 92.6 cm³/mol. The molecule has 2 aromatic carbocycles. The molecule has 0 saturated heterocycles. The molecule has 0 fully saturated rings. The van der Waals surface area contributed by atoms with Crippen LogP contribution in [0.2, 0.25) is 0 Å². The lowest BCUT2D eigenvalue weighted by atomic mass is 10.2. The van der Waals surface area contributed by atoms with E-state index in [2.05, 4.69) is 15.2 Å². The van der Waals surface area contributed by atoms with Crippen LogP contribution in [0.15, 0.2) is 63.9 Å². The summed E-state index contributed by atoms with van der Waals surface area (Å²) in [4.78, 5) is 16.2. The summed E-state index contributed by atoms with van der Waals surface area (Å²) in [7, 11) is 0. The Balaban J connectivity index is 1.65. The second kappa shape index (κ2) is 7.10. The predicted octanol–water partition coefficient (Wildman–Crippen LogP) is 3.43.